The Morgan fingerprint density at radius 2 is 2.08 bits per heavy atom. The van der Waals surface area contributed by atoms with Gasteiger partial charge in [-0.05, 0) is 30.7 Å². The lowest BCUT2D eigenvalue weighted by molar-refractivity contribution is 0.252. The van der Waals surface area contributed by atoms with Crippen LogP contribution in [0, 0.1) is 6.92 Å². The van der Waals surface area contributed by atoms with Crippen molar-refractivity contribution < 1.29 is 8.78 Å². The first-order chi connectivity index (χ1) is 5.59. The van der Waals surface area contributed by atoms with Crippen LogP contribution < -0.4 is 0 Å². The molecule has 0 spiro atoms. The third kappa shape index (κ3) is 2.64. The maximum absolute atomic E-state index is 11.9. The molecule has 0 radical (unpaired) electrons. The second kappa shape index (κ2) is 4.10. The van der Waals surface area contributed by atoms with E-state index in [0.717, 1.165) is 5.56 Å². The Morgan fingerprint density at radius 3 is 2.58 bits per heavy atom. The van der Waals surface area contributed by atoms with Crippen LogP contribution in [0.3, 0.4) is 0 Å². The van der Waals surface area contributed by atoms with Crippen LogP contribution in [-0.2, 0) is 0 Å². The van der Waals surface area contributed by atoms with E-state index in [9.17, 15) is 8.78 Å². The van der Waals surface area contributed by atoms with Crippen LogP contribution in [0.5, 0.6) is 0 Å². The Balaban J connectivity index is 2.86. The summed E-state index contributed by atoms with van der Waals surface area (Å²) < 4.78 is 23.9. The second-order valence-corrected chi connectivity index (χ2v) is 3.76. The largest absolute Gasteiger partial charge is 0.288 e. The minimum absolute atomic E-state index is 0.542. The normalized spacial score (nSPS) is 10.8. The molecule has 0 aliphatic rings. The van der Waals surface area contributed by atoms with Crippen LogP contribution in [0.15, 0.2) is 23.1 Å². The monoisotopic (exact) mass is 208 g/mol. The van der Waals surface area contributed by atoms with Gasteiger partial charge in [0.2, 0.25) is 0 Å². The summed E-state index contributed by atoms with van der Waals surface area (Å²) in [6.45, 7) is 1.76. The summed E-state index contributed by atoms with van der Waals surface area (Å²) in [5.41, 5.74) is 0.785. The fourth-order valence-electron chi connectivity index (χ4n) is 0.841. The highest BCUT2D eigenvalue weighted by molar-refractivity contribution is 7.99. The van der Waals surface area contributed by atoms with Gasteiger partial charge < -0.3 is 0 Å². The molecule has 0 aliphatic carbocycles. The third-order valence-corrected chi connectivity index (χ3v) is 2.48. The SMILES string of the molecule is Cc1cc(Cl)ccc1SC(F)F. The molecule has 0 nitrogen and oxygen atoms in total. The Labute approximate surface area is 78.9 Å². The number of halogens is 3. The molecule has 1 aromatic rings. The Kier molecular flexibility index (Phi) is 3.35. The number of benzene rings is 1. The second-order valence-electron chi connectivity index (χ2n) is 2.29. The van der Waals surface area contributed by atoms with Crippen LogP contribution in [-0.4, -0.2) is 5.76 Å². The molecule has 0 saturated carbocycles. The van der Waals surface area contributed by atoms with E-state index in [1.54, 1.807) is 25.1 Å². The van der Waals surface area contributed by atoms with Crippen molar-refractivity contribution >= 4 is 23.4 Å². The molecule has 12 heavy (non-hydrogen) atoms. The number of aryl methyl sites for hydroxylation is 1. The molecule has 0 atom stereocenters. The van der Waals surface area contributed by atoms with Crippen LogP contribution in [0.1, 0.15) is 5.56 Å². The van der Waals surface area contributed by atoms with E-state index in [0.29, 0.717) is 21.7 Å². The first-order valence-electron chi connectivity index (χ1n) is 3.30. The Hall–Kier alpha value is -0.280. The topological polar surface area (TPSA) is 0 Å². The van der Waals surface area contributed by atoms with Gasteiger partial charge in [0.15, 0.2) is 0 Å². The summed E-state index contributed by atoms with van der Waals surface area (Å²) in [4.78, 5) is 0.578. The maximum Gasteiger partial charge on any atom is 0.288 e. The van der Waals surface area contributed by atoms with Crippen LogP contribution in [0.4, 0.5) is 8.78 Å². The molecule has 0 bridgehead atoms. The van der Waals surface area contributed by atoms with Crippen LogP contribution in [0.2, 0.25) is 5.02 Å². The Morgan fingerprint density at radius 1 is 1.42 bits per heavy atom. The minimum atomic E-state index is -2.37. The summed E-state index contributed by atoms with van der Waals surface area (Å²) in [5.74, 6) is -2.37. The van der Waals surface area contributed by atoms with Gasteiger partial charge in [0.25, 0.3) is 5.76 Å². The van der Waals surface area contributed by atoms with Crippen molar-refractivity contribution in [2.24, 2.45) is 0 Å². The fourth-order valence-corrected chi connectivity index (χ4v) is 1.65. The van der Waals surface area contributed by atoms with E-state index < -0.39 is 5.76 Å². The molecular weight excluding hydrogens is 202 g/mol. The van der Waals surface area contributed by atoms with Crippen LogP contribution >= 0.6 is 23.4 Å². The van der Waals surface area contributed by atoms with E-state index in [1.807, 2.05) is 0 Å². The lowest BCUT2D eigenvalue weighted by atomic mass is 10.2. The van der Waals surface area contributed by atoms with Gasteiger partial charge in [-0.1, -0.05) is 23.4 Å². The molecule has 0 unspecified atom stereocenters. The minimum Gasteiger partial charge on any atom is -0.198 e. The molecule has 66 valence electrons. The number of hydrogen-bond donors (Lipinski definition) is 0. The van der Waals surface area contributed by atoms with E-state index in [-0.39, 0.29) is 0 Å². The third-order valence-electron chi connectivity index (χ3n) is 1.35. The summed E-state index contributed by atoms with van der Waals surface area (Å²) in [6.07, 6.45) is 0. The summed E-state index contributed by atoms with van der Waals surface area (Å²) in [7, 11) is 0. The first-order valence-corrected chi connectivity index (χ1v) is 4.56. The lowest BCUT2D eigenvalue weighted by Gasteiger charge is -2.03. The standard InChI is InChI=1S/C8H7ClF2S/c1-5-4-6(9)2-3-7(5)12-8(10)11/h2-4,8H,1H3. The van der Waals surface area contributed by atoms with Crippen molar-refractivity contribution in [1.29, 1.82) is 0 Å². The molecule has 0 fully saturated rings. The zero-order valence-corrected chi connectivity index (χ0v) is 7.92. The average Bonchev–Trinajstić information content (AvgIpc) is 1.94. The van der Waals surface area contributed by atoms with Crippen molar-refractivity contribution in [1.82, 2.24) is 0 Å². The molecule has 0 heterocycles. The quantitative estimate of drug-likeness (QED) is 0.663. The van der Waals surface area contributed by atoms with E-state index in [1.165, 1.54) is 0 Å². The summed E-state index contributed by atoms with van der Waals surface area (Å²) in [6, 6.07) is 4.89. The molecule has 0 amide bonds. The van der Waals surface area contributed by atoms with Crippen LogP contribution in [0.25, 0.3) is 0 Å². The zero-order valence-electron chi connectivity index (χ0n) is 6.35. The van der Waals surface area contributed by atoms with Gasteiger partial charge in [0.1, 0.15) is 0 Å². The highest BCUT2D eigenvalue weighted by atomic mass is 35.5. The number of alkyl halides is 2. The van der Waals surface area contributed by atoms with Gasteiger partial charge in [-0.25, -0.2) is 0 Å². The van der Waals surface area contributed by atoms with Gasteiger partial charge >= 0.3 is 0 Å². The van der Waals surface area contributed by atoms with Gasteiger partial charge in [0, 0.05) is 9.92 Å². The molecular formula is C8H7ClF2S. The first kappa shape index (κ1) is 9.81. The van der Waals surface area contributed by atoms with E-state index in [4.69, 9.17) is 11.6 Å². The van der Waals surface area contributed by atoms with E-state index >= 15 is 0 Å². The molecule has 0 N–H and O–H groups in total. The van der Waals surface area contributed by atoms with Gasteiger partial charge in [-0.2, -0.15) is 8.78 Å². The summed E-state index contributed by atoms with van der Waals surface area (Å²) in [5, 5.41) is 0.575. The molecule has 1 rings (SSSR count). The smallest absolute Gasteiger partial charge is 0.198 e. The van der Waals surface area contributed by atoms with Crippen molar-refractivity contribution in [3.63, 3.8) is 0 Å². The van der Waals surface area contributed by atoms with Gasteiger partial charge in [-0.15, -0.1) is 0 Å². The predicted octanol–water partition coefficient (Wildman–Crippen LogP) is 3.96. The van der Waals surface area contributed by atoms with Crippen molar-refractivity contribution in [3.05, 3.63) is 28.8 Å². The highest BCUT2D eigenvalue weighted by Gasteiger charge is 2.07. The van der Waals surface area contributed by atoms with Crippen molar-refractivity contribution in [2.75, 3.05) is 0 Å². The summed E-state index contributed by atoms with van der Waals surface area (Å²) >= 11 is 6.20. The van der Waals surface area contributed by atoms with Gasteiger partial charge in [-0.3, -0.25) is 0 Å². The highest BCUT2D eigenvalue weighted by Crippen LogP contribution is 2.29. The molecule has 1 aromatic carbocycles. The van der Waals surface area contributed by atoms with E-state index in [2.05, 4.69) is 0 Å². The Bertz CT molecular complexity index is 276. The molecule has 0 aromatic heterocycles. The number of rotatable bonds is 2. The number of hydrogen-bond acceptors (Lipinski definition) is 1. The lowest BCUT2D eigenvalue weighted by Crippen LogP contribution is -1.84. The maximum atomic E-state index is 11.9. The van der Waals surface area contributed by atoms with Crippen molar-refractivity contribution in [3.8, 4) is 0 Å². The molecule has 0 saturated heterocycles. The molecule has 0 aliphatic heterocycles. The van der Waals surface area contributed by atoms with Crippen molar-refractivity contribution in [2.45, 2.75) is 17.6 Å². The average molecular weight is 209 g/mol. The zero-order chi connectivity index (χ0) is 9.14. The fraction of sp³-hybridized carbons (Fsp3) is 0.250. The predicted molar refractivity (Wildman–Crippen MR) is 48.1 cm³/mol. The van der Waals surface area contributed by atoms with Gasteiger partial charge in [0.05, 0.1) is 0 Å². The molecule has 4 heteroatoms. The number of thioether (sulfide) groups is 1.